The fourth-order valence-corrected chi connectivity index (χ4v) is 0.943. The van der Waals surface area contributed by atoms with Gasteiger partial charge in [-0.3, -0.25) is 0 Å². The van der Waals surface area contributed by atoms with Gasteiger partial charge in [-0.15, -0.1) is 0 Å². The molecule has 2 N–H and O–H groups in total. The van der Waals surface area contributed by atoms with Crippen LogP contribution in [0.5, 0.6) is 0 Å². The van der Waals surface area contributed by atoms with E-state index in [-0.39, 0.29) is 24.1 Å². The molecule has 0 aliphatic carbocycles. The molecular weight excluding hydrogens is 255 g/mol. The maximum absolute atomic E-state index is 5.30. The molecule has 0 amide bonds. The van der Waals surface area contributed by atoms with Crippen molar-refractivity contribution in [3.8, 4) is 0 Å². The Morgan fingerprint density at radius 2 is 1.73 bits per heavy atom. The first kappa shape index (κ1) is 17.3. The minimum Gasteiger partial charge on any atom is -0.330 e. The number of aromatic nitrogens is 3. The Labute approximate surface area is 107 Å². The topological polar surface area (TPSA) is 64.7 Å². The first-order valence-electron chi connectivity index (χ1n) is 4.40. The number of rotatable bonds is 3. The Bertz CT molecular complexity index is 229. The van der Waals surface area contributed by atoms with Crippen molar-refractivity contribution in [2.75, 3.05) is 6.54 Å². The highest BCUT2D eigenvalue weighted by atomic mass is 35.5. The molecule has 1 aromatic rings. The van der Waals surface area contributed by atoms with Gasteiger partial charge >= 0.3 is 0 Å². The van der Waals surface area contributed by atoms with Crippen LogP contribution in [-0.4, -0.2) is 21.5 Å². The standard InChI is InChI=1S/C5H13N.C3HCl2N3.H2S/c1-2-3-4-5-6;4-2-6-1-7-3(5)8-2;/h2-6H2,1H3;1H;1H2. The van der Waals surface area contributed by atoms with E-state index in [1.807, 2.05) is 0 Å². The number of hydrogen-bond donors (Lipinski definition) is 1. The molecule has 0 fully saturated rings. The van der Waals surface area contributed by atoms with Crippen LogP contribution in [0.4, 0.5) is 0 Å². The van der Waals surface area contributed by atoms with Gasteiger partial charge in [0.25, 0.3) is 0 Å². The van der Waals surface area contributed by atoms with Crippen molar-refractivity contribution in [3.63, 3.8) is 0 Å². The highest BCUT2D eigenvalue weighted by Crippen LogP contribution is 2.00. The van der Waals surface area contributed by atoms with Crippen LogP contribution < -0.4 is 5.73 Å². The minimum absolute atomic E-state index is 0. The van der Waals surface area contributed by atoms with E-state index in [1.165, 1.54) is 25.6 Å². The van der Waals surface area contributed by atoms with E-state index in [1.54, 1.807) is 0 Å². The summed E-state index contributed by atoms with van der Waals surface area (Å²) in [6, 6.07) is 0. The first-order chi connectivity index (χ1) is 6.70. The molecule has 1 heterocycles. The average molecular weight is 271 g/mol. The number of halogens is 2. The van der Waals surface area contributed by atoms with Crippen molar-refractivity contribution in [2.24, 2.45) is 5.73 Å². The van der Waals surface area contributed by atoms with Gasteiger partial charge in [-0.05, 0) is 36.2 Å². The van der Waals surface area contributed by atoms with Gasteiger partial charge in [0.2, 0.25) is 10.6 Å². The van der Waals surface area contributed by atoms with Gasteiger partial charge in [0.1, 0.15) is 6.33 Å². The summed E-state index contributed by atoms with van der Waals surface area (Å²) < 4.78 is 0. The Morgan fingerprint density at radius 1 is 1.20 bits per heavy atom. The Morgan fingerprint density at radius 3 is 1.93 bits per heavy atom. The molecule has 0 aromatic carbocycles. The van der Waals surface area contributed by atoms with Crippen molar-refractivity contribution in [2.45, 2.75) is 26.2 Å². The summed E-state index contributed by atoms with van der Waals surface area (Å²) in [5.74, 6) is 0. The van der Waals surface area contributed by atoms with Crippen LogP contribution in [0.15, 0.2) is 6.33 Å². The molecule has 0 spiro atoms. The fourth-order valence-electron chi connectivity index (χ4n) is 0.652. The molecule has 88 valence electrons. The Balaban J connectivity index is 0. The van der Waals surface area contributed by atoms with Crippen molar-refractivity contribution in [1.82, 2.24) is 15.0 Å². The molecule has 7 heteroatoms. The zero-order chi connectivity index (χ0) is 10.8. The van der Waals surface area contributed by atoms with Gasteiger partial charge in [-0.25, -0.2) is 9.97 Å². The lowest BCUT2D eigenvalue weighted by Crippen LogP contribution is -1.96. The normalized spacial score (nSPS) is 8.53. The SMILES string of the molecule is CCCCCN.Clc1ncnc(Cl)n1.S. The molecule has 4 nitrogen and oxygen atoms in total. The van der Waals surface area contributed by atoms with Crippen LogP contribution in [0, 0.1) is 0 Å². The van der Waals surface area contributed by atoms with E-state index in [2.05, 4.69) is 21.9 Å². The van der Waals surface area contributed by atoms with E-state index in [0.717, 1.165) is 6.54 Å². The lowest BCUT2D eigenvalue weighted by Gasteiger charge is -1.86. The molecule has 0 saturated heterocycles. The van der Waals surface area contributed by atoms with E-state index in [9.17, 15) is 0 Å². The monoisotopic (exact) mass is 270 g/mol. The van der Waals surface area contributed by atoms with Crippen LogP contribution in [0.2, 0.25) is 10.6 Å². The summed E-state index contributed by atoms with van der Waals surface area (Å²) in [6.45, 7) is 3.03. The predicted molar refractivity (Wildman–Crippen MR) is 68.8 cm³/mol. The molecule has 0 radical (unpaired) electrons. The quantitative estimate of drug-likeness (QED) is 0.857. The third-order valence-electron chi connectivity index (χ3n) is 1.32. The zero-order valence-electron chi connectivity index (χ0n) is 8.58. The maximum atomic E-state index is 5.30. The molecule has 0 aliphatic heterocycles. The number of nitrogens with two attached hydrogens (primary N) is 1. The molecule has 0 atom stereocenters. The third-order valence-corrected chi connectivity index (χ3v) is 1.68. The summed E-state index contributed by atoms with van der Waals surface area (Å²) >= 11 is 10.6. The van der Waals surface area contributed by atoms with Crippen LogP contribution in [0.1, 0.15) is 26.2 Å². The summed E-state index contributed by atoms with van der Waals surface area (Å²) in [4.78, 5) is 10.5. The second kappa shape index (κ2) is 12.0. The predicted octanol–water partition coefficient (Wildman–Crippen LogP) is 2.43. The molecule has 0 unspecified atom stereocenters. The van der Waals surface area contributed by atoms with Gasteiger partial charge in [0.05, 0.1) is 0 Å². The van der Waals surface area contributed by atoms with E-state index in [4.69, 9.17) is 28.9 Å². The highest BCUT2D eigenvalue weighted by molar-refractivity contribution is 7.59. The number of hydrogen-bond acceptors (Lipinski definition) is 4. The van der Waals surface area contributed by atoms with Crippen molar-refractivity contribution >= 4 is 36.7 Å². The first-order valence-corrected chi connectivity index (χ1v) is 5.16. The Hall–Kier alpha value is -0.100. The summed E-state index contributed by atoms with van der Waals surface area (Å²) in [5.41, 5.74) is 5.21. The van der Waals surface area contributed by atoms with Crippen LogP contribution in [0.25, 0.3) is 0 Å². The molecule has 15 heavy (non-hydrogen) atoms. The van der Waals surface area contributed by atoms with Crippen molar-refractivity contribution in [1.29, 1.82) is 0 Å². The van der Waals surface area contributed by atoms with Gasteiger partial charge in [0.15, 0.2) is 0 Å². The summed E-state index contributed by atoms with van der Waals surface area (Å²) in [6.07, 6.45) is 5.00. The van der Waals surface area contributed by atoms with Crippen LogP contribution >= 0.6 is 36.7 Å². The molecule has 0 aliphatic rings. The second-order valence-corrected chi connectivity index (χ2v) is 3.20. The largest absolute Gasteiger partial charge is 0.330 e. The second-order valence-electron chi connectivity index (χ2n) is 2.52. The maximum Gasteiger partial charge on any atom is 0.226 e. The summed E-state index contributed by atoms with van der Waals surface area (Å²) in [5, 5.41) is 0.231. The average Bonchev–Trinajstić information content (AvgIpc) is 2.15. The van der Waals surface area contributed by atoms with Gasteiger partial charge in [0, 0.05) is 0 Å². The lowest BCUT2D eigenvalue weighted by atomic mass is 10.3. The van der Waals surface area contributed by atoms with E-state index < -0.39 is 0 Å². The number of unbranched alkanes of at least 4 members (excludes halogenated alkanes) is 2. The highest BCUT2D eigenvalue weighted by Gasteiger charge is 1.89. The van der Waals surface area contributed by atoms with Gasteiger partial charge in [-0.2, -0.15) is 18.5 Å². The van der Waals surface area contributed by atoms with E-state index in [0.29, 0.717) is 0 Å². The molecule has 1 aromatic heterocycles. The number of nitrogens with zero attached hydrogens (tertiary/aromatic N) is 3. The van der Waals surface area contributed by atoms with Crippen molar-refractivity contribution in [3.05, 3.63) is 16.9 Å². The summed E-state index contributed by atoms with van der Waals surface area (Å²) in [7, 11) is 0. The fraction of sp³-hybridized carbons (Fsp3) is 0.625. The molecule has 1 rings (SSSR count). The minimum atomic E-state index is 0. The van der Waals surface area contributed by atoms with Gasteiger partial charge in [-0.1, -0.05) is 19.8 Å². The molecule has 0 saturated carbocycles. The van der Waals surface area contributed by atoms with Crippen molar-refractivity contribution < 1.29 is 0 Å². The smallest absolute Gasteiger partial charge is 0.226 e. The lowest BCUT2D eigenvalue weighted by molar-refractivity contribution is 0.727. The molecule has 0 bridgehead atoms. The van der Waals surface area contributed by atoms with Crippen LogP contribution in [-0.2, 0) is 0 Å². The zero-order valence-corrected chi connectivity index (χ0v) is 11.1. The van der Waals surface area contributed by atoms with Gasteiger partial charge < -0.3 is 5.73 Å². The van der Waals surface area contributed by atoms with E-state index >= 15 is 0 Å². The molecular formula is C8H16Cl2N4S. The van der Waals surface area contributed by atoms with Crippen LogP contribution in [0.3, 0.4) is 0 Å². The Kier molecular flexibility index (Phi) is 13.8. The third kappa shape index (κ3) is 11.8.